The third-order valence-electron chi connectivity index (χ3n) is 3.02. The molecule has 1 aliphatic heterocycles. The molecule has 1 aromatic rings. The highest BCUT2D eigenvalue weighted by atomic mass is 16.3. The van der Waals surface area contributed by atoms with Crippen LogP contribution in [0.5, 0.6) is 0 Å². The third kappa shape index (κ3) is 3.41. The fourth-order valence-corrected chi connectivity index (χ4v) is 1.99. The number of piperidine rings is 1. The molecule has 0 aliphatic carbocycles. The molecule has 0 atom stereocenters. The Balaban J connectivity index is 1.77. The SMILES string of the molecule is O=C(CN1CCC(O)CC1)NC(=O)c1ccc[nH]1. The quantitative estimate of drug-likeness (QED) is 0.690. The fourth-order valence-electron chi connectivity index (χ4n) is 1.99. The first kappa shape index (κ1) is 12.8. The van der Waals surface area contributed by atoms with Crippen LogP contribution in [0.15, 0.2) is 18.3 Å². The summed E-state index contributed by atoms with van der Waals surface area (Å²) in [5.41, 5.74) is 0.373. The first-order valence-electron chi connectivity index (χ1n) is 6.03. The summed E-state index contributed by atoms with van der Waals surface area (Å²) in [6.45, 7) is 1.57. The molecule has 0 aromatic carbocycles. The van der Waals surface area contributed by atoms with Crippen LogP contribution >= 0.6 is 0 Å². The number of likely N-dealkylation sites (tertiary alicyclic amines) is 1. The Labute approximate surface area is 105 Å². The molecule has 0 unspecified atom stereocenters. The molecule has 1 fully saturated rings. The highest BCUT2D eigenvalue weighted by Gasteiger charge is 2.20. The highest BCUT2D eigenvalue weighted by molar-refractivity contribution is 6.04. The number of aliphatic hydroxyl groups excluding tert-OH is 1. The van der Waals surface area contributed by atoms with Crippen LogP contribution in [0.3, 0.4) is 0 Å². The van der Waals surface area contributed by atoms with Crippen molar-refractivity contribution in [2.45, 2.75) is 18.9 Å². The molecular formula is C12H17N3O3. The molecule has 1 saturated heterocycles. The van der Waals surface area contributed by atoms with E-state index in [1.54, 1.807) is 18.3 Å². The lowest BCUT2D eigenvalue weighted by Crippen LogP contribution is -2.44. The molecule has 0 bridgehead atoms. The van der Waals surface area contributed by atoms with E-state index < -0.39 is 5.91 Å². The third-order valence-corrected chi connectivity index (χ3v) is 3.02. The maximum absolute atomic E-state index is 11.6. The van der Waals surface area contributed by atoms with E-state index in [1.807, 2.05) is 4.90 Å². The Bertz CT molecular complexity index is 408. The summed E-state index contributed by atoms with van der Waals surface area (Å²) in [6.07, 6.45) is 2.73. The molecule has 1 aromatic heterocycles. The molecule has 18 heavy (non-hydrogen) atoms. The zero-order chi connectivity index (χ0) is 13.0. The van der Waals surface area contributed by atoms with Crippen molar-refractivity contribution in [1.29, 1.82) is 0 Å². The number of rotatable bonds is 3. The van der Waals surface area contributed by atoms with Gasteiger partial charge in [0.1, 0.15) is 5.69 Å². The van der Waals surface area contributed by atoms with Gasteiger partial charge >= 0.3 is 0 Å². The first-order chi connectivity index (χ1) is 8.65. The normalized spacial score (nSPS) is 17.6. The highest BCUT2D eigenvalue weighted by Crippen LogP contribution is 2.08. The number of carbonyl (C=O) groups is 2. The molecule has 2 heterocycles. The summed E-state index contributed by atoms with van der Waals surface area (Å²) in [4.78, 5) is 27.9. The van der Waals surface area contributed by atoms with Gasteiger partial charge in [-0.2, -0.15) is 0 Å². The van der Waals surface area contributed by atoms with Crippen LogP contribution in [0.1, 0.15) is 23.3 Å². The number of aromatic amines is 1. The maximum Gasteiger partial charge on any atom is 0.274 e. The van der Waals surface area contributed by atoms with Crippen molar-refractivity contribution >= 4 is 11.8 Å². The average Bonchev–Trinajstić information content (AvgIpc) is 2.85. The fraction of sp³-hybridized carbons (Fsp3) is 0.500. The van der Waals surface area contributed by atoms with Gasteiger partial charge in [0.05, 0.1) is 12.6 Å². The number of aliphatic hydroxyl groups is 1. The molecule has 6 nitrogen and oxygen atoms in total. The molecule has 1 aliphatic rings. The topological polar surface area (TPSA) is 85.4 Å². The standard InChI is InChI=1S/C12H17N3O3/c16-9-3-6-15(7-4-9)8-11(17)14-12(18)10-2-1-5-13-10/h1-2,5,9,13,16H,3-4,6-8H2,(H,14,17,18). The minimum Gasteiger partial charge on any atom is -0.393 e. The first-order valence-corrected chi connectivity index (χ1v) is 6.03. The van der Waals surface area contributed by atoms with E-state index in [1.165, 1.54) is 0 Å². The van der Waals surface area contributed by atoms with Gasteiger partial charge < -0.3 is 10.1 Å². The summed E-state index contributed by atoms with van der Waals surface area (Å²) in [5.74, 6) is -0.729. The summed E-state index contributed by atoms with van der Waals surface area (Å²) in [6, 6.07) is 3.31. The number of amides is 2. The molecular weight excluding hydrogens is 234 g/mol. The number of nitrogens with zero attached hydrogens (tertiary/aromatic N) is 1. The van der Waals surface area contributed by atoms with Crippen LogP contribution < -0.4 is 5.32 Å². The van der Waals surface area contributed by atoms with E-state index >= 15 is 0 Å². The number of nitrogens with one attached hydrogen (secondary N) is 2. The van der Waals surface area contributed by atoms with Crippen molar-refractivity contribution in [3.05, 3.63) is 24.0 Å². The Kier molecular flexibility index (Phi) is 4.11. The van der Waals surface area contributed by atoms with Crippen LogP contribution in [-0.2, 0) is 4.79 Å². The van der Waals surface area contributed by atoms with Crippen molar-refractivity contribution in [3.63, 3.8) is 0 Å². The van der Waals surface area contributed by atoms with Gasteiger partial charge in [0.2, 0.25) is 5.91 Å². The zero-order valence-electron chi connectivity index (χ0n) is 10.1. The Hall–Kier alpha value is -1.66. The zero-order valence-corrected chi connectivity index (χ0v) is 10.1. The molecule has 0 spiro atoms. The van der Waals surface area contributed by atoms with Gasteiger partial charge in [-0.15, -0.1) is 0 Å². The summed E-state index contributed by atoms with van der Waals surface area (Å²) in [7, 11) is 0. The molecule has 2 rings (SSSR count). The van der Waals surface area contributed by atoms with Crippen LogP contribution in [0, 0.1) is 0 Å². The lowest BCUT2D eigenvalue weighted by Gasteiger charge is -2.28. The second kappa shape index (κ2) is 5.79. The molecule has 98 valence electrons. The van der Waals surface area contributed by atoms with Gasteiger partial charge in [0.25, 0.3) is 5.91 Å². The van der Waals surface area contributed by atoms with Crippen LogP contribution in [-0.4, -0.2) is 52.5 Å². The average molecular weight is 251 g/mol. The van der Waals surface area contributed by atoms with E-state index in [2.05, 4.69) is 10.3 Å². The minimum atomic E-state index is -0.415. The van der Waals surface area contributed by atoms with E-state index in [0.29, 0.717) is 31.6 Å². The smallest absolute Gasteiger partial charge is 0.274 e. The lowest BCUT2D eigenvalue weighted by atomic mass is 10.1. The lowest BCUT2D eigenvalue weighted by molar-refractivity contribution is -0.121. The van der Waals surface area contributed by atoms with E-state index in [0.717, 1.165) is 0 Å². The van der Waals surface area contributed by atoms with Gasteiger partial charge in [-0.1, -0.05) is 0 Å². The number of hydrogen-bond acceptors (Lipinski definition) is 4. The van der Waals surface area contributed by atoms with E-state index in [4.69, 9.17) is 0 Å². The van der Waals surface area contributed by atoms with E-state index in [-0.39, 0.29) is 18.6 Å². The Morgan fingerprint density at radius 3 is 2.78 bits per heavy atom. The Morgan fingerprint density at radius 2 is 2.17 bits per heavy atom. The van der Waals surface area contributed by atoms with Crippen molar-refractivity contribution in [2.75, 3.05) is 19.6 Å². The number of H-pyrrole nitrogens is 1. The van der Waals surface area contributed by atoms with Crippen molar-refractivity contribution in [1.82, 2.24) is 15.2 Å². The summed E-state index contributed by atoms with van der Waals surface area (Å²) in [5, 5.41) is 11.7. The molecule has 3 N–H and O–H groups in total. The van der Waals surface area contributed by atoms with Crippen LogP contribution in [0.2, 0.25) is 0 Å². The minimum absolute atomic E-state index is 0.194. The maximum atomic E-state index is 11.6. The predicted molar refractivity (Wildman–Crippen MR) is 64.9 cm³/mol. The summed E-state index contributed by atoms with van der Waals surface area (Å²) >= 11 is 0. The number of imide groups is 1. The summed E-state index contributed by atoms with van der Waals surface area (Å²) < 4.78 is 0. The second-order valence-corrected chi connectivity index (χ2v) is 4.47. The molecule has 6 heteroatoms. The predicted octanol–water partition coefficient (Wildman–Crippen LogP) is -0.272. The van der Waals surface area contributed by atoms with Crippen LogP contribution in [0.4, 0.5) is 0 Å². The van der Waals surface area contributed by atoms with E-state index in [9.17, 15) is 14.7 Å². The number of hydrogen-bond donors (Lipinski definition) is 3. The number of carbonyl (C=O) groups excluding carboxylic acids is 2. The monoisotopic (exact) mass is 251 g/mol. The van der Waals surface area contributed by atoms with Crippen molar-refractivity contribution < 1.29 is 14.7 Å². The Morgan fingerprint density at radius 1 is 1.44 bits per heavy atom. The second-order valence-electron chi connectivity index (χ2n) is 4.47. The van der Waals surface area contributed by atoms with Gasteiger partial charge in [0, 0.05) is 19.3 Å². The number of aromatic nitrogens is 1. The van der Waals surface area contributed by atoms with Crippen molar-refractivity contribution in [2.24, 2.45) is 0 Å². The van der Waals surface area contributed by atoms with Gasteiger partial charge in [0.15, 0.2) is 0 Å². The van der Waals surface area contributed by atoms with Gasteiger partial charge in [-0.3, -0.25) is 19.8 Å². The molecule has 0 radical (unpaired) electrons. The molecule has 2 amide bonds. The van der Waals surface area contributed by atoms with Gasteiger partial charge in [-0.05, 0) is 25.0 Å². The van der Waals surface area contributed by atoms with Crippen molar-refractivity contribution in [3.8, 4) is 0 Å². The van der Waals surface area contributed by atoms with Crippen LogP contribution in [0.25, 0.3) is 0 Å². The van der Waals surface area contributed by atoms with Gasteiger partial charge in [-0.25, -0.2) is 0 Å². The molecule has 0 saturated carbocycles. The largest absolute Gasteiger partial charge is 0.393 e.